The quantitative estimate of drug-likeness (QED) is 0.614. The van der Waals surface area contributed by atoms with Gasteiger partial charge < -0.3 is 14.1 Å². The first-order valence-corrected chi connectivity index (χ1v) is 11.0. The zero-order chi connectivity index (χ0) is 22.2. The highest BCUT2D eigenvalue weighted by Crippen LogP contribution is 2.38. The Morgan fingerprint density at radius 3 is 2.50 bits per heavy atom. The van der Waals surface area contributed by atoms with Gasteiger partial charge in [0.25, 0.3) is 5.91 Å². The molecule has 2 aliphatic heterocycles. The number of nitrogens with zero attached hydrogens (tertiary/aromatic N) is 2. The van der Waals surface area contributed by atoms with Crippen LogP contribution in [0.15, 0.2) is 51.7 Å². The van der Waals surface area contributed by atoms with Crippen LogP contribution in [-0.2, 0) is 11.2 Å². The summed E-state index contributed by atoms with van der Waals surface area (Å²) in [5.74, 6) is -0.760. The van der Waals surface area contributed by atoms with Gasteiger partial charge in [0.1, 0.15) is 11.4 Å². The first-order chi connectivity index (χ1) is 15.6. The predicted octanol–water partition coefficient (Wildman–Crippen LogP) is 3.37. The van der Waals surface area contributed by atoms with Crippen molar-refractivity contribution >= 4 is 16.9 Å². The molecule has 166 valence electrons. The van der Waals surface area contributed by atoms with E-state index in [0.29, 0.717) is 31.9 Å². The molecule has 3 heterocycles. The molecule has 32 heavy (non-hydrogen) atoms. The highest BCUT2D eigenvalue weighted by Gasteiger charge is 2.42. The van der Waals surface area contributed by atoms with E-state index < -0.39 is 11.9 Å². The molecule has 2 aromatic carbocycles. The minimum Gasteiger partial charge on any atom is -0.450 e. The number of morpholine rings is 1. The van der Waals surface area contributed by atoms with E-state index in [-0.39, 0.29) is 28.1 Å². The molecule has 7 heteroatoms. The van der Waals surface area contributed by atoms with Gasteiger partial charge >= 0.3 is 0 Å². The Morgan fingerprint density at radius 1 is 1.03 bits per heavy atom. The Kier molecular flexibility index (Phi) is 5.53. The van der Waals surface area contributed by atoms with Crippen molar-refractivity contribution < 1.29 is 18.3 Å². The van der Waals surface area contributed by atoms with E-state index in [1.54, 1.807) is 4.90 Å². The summed E-state index contributed by atoms with van der Waals surface area (Å²) in [6.45, 7) is 6.17. The van der Waals surface area contributed by atoms with Gasteiger partial charge in [-0.3, -0.25) is 14.5 Å². The maximum absolute atomic E-state index is 13.9. The number of carbonyl (C=O) groups excluding carboxylic acids is 1. The van der Waals surface area contributed by atoms with Crippen molar-refractivity contribution in [1.82, 2.24) is 9.80 Å². The summed E-state index contributed by atoms with van der Waals surface area (Å²) in [5, 5.41) is 0.154. The van der Waals surface area contributed by atoms with E-state index in [1.807, 2.05) is 24.3 Å². The van der Waals surface area contributed by atoms with Crippen LogP contribution in [0.4, 0.5) is 4.39 Å². The van der Waals surface area contributed by atoms with E-state index >= 15 is 0 Å². The molecule has 0 N–H and O–H groups in total. The average Bonchev–Trinajstić information content (AvgIpc) is 3.10. The van der Waals surface area contributed by atoms with Crippen molar-refractivity contribution in [3.8, 4) is 0 Å². The lowest BCUT2D eigenvalue weighted by Gasteiger charge is -2.31. The number of benzene rings is 2. The fourth-order valence-corrected chi connectivity index (χ4v) is 4.58. The zero-order valence-corrected chi connectivity index (χ0v) is 18.0. The molecule has 0 bridgehead atoms. The Bertz CT molecular complexity index is 1220. The molecule has 1 aromatic heterocycles. The van der Waals surface area contributed by atoms with E-state index in [9.17, 15) is 14.0 Å². The van der Waals surface area contributed by atoms with Crippen molar-refractivity contribution in [2.75, 3.05) is 39.4 Å². The van der Waals surface area contributed by atoms with Crippen molar-refractivity contribution in [2.24, 2.45) is 0 Å². The molecule has 2 aliphatic rings. The molecule has 0 saturated carbocycles. The lowest BCUT2D eigenvalue weighted by molar-refractivity contribution is 0.0314. The average molecular weight is 436 g/mol. The second-order valence-corrected chi connectivity index (χ2v) is 8.26. The fraction of sp³-hybridized carbons (Fsp3) is 0.360. The lowest BCUT2D eigenvalue weighted by atomic mass is 9.97. The van der Waals surface area contributed by atoms with Crippen molar-refractivity contribution in [3.05, 3.63) is 81.0 Å². The molecule has 0 spiro atoms. The summed E-state index contributed by atoms with van der Waals surface area (Å²) >= 11 is 0. The summed E-state index contributed by atoms with van der Waals surface area (Å²) in [5.41, 5.74) is 2.18. The predicted molar refractivity (Wildman–Crippen MR) is 118 cm³/mol. The first-order valence-electron chi connectivity index (χ1n) is 11.0. The van der Waals surface area contributed by atoms with Gasteiger partial charge in [-0.1, -0.05) is 31.2 Å². The maximum Gasteiger partial charge on any atom is 0.290 e. The first kappa shape index (κ1) is 20.8. The molecule has 0 radical (unpaired) electrons. The van der Waals surface area contributed by atoms with Gasteiger partial charge in [0.2, 0.25) is 5.76 Å². The van der Waals surface area contributed by atoms with Gasteiger partial charge in [-0.2, -0.15) is 0 Å². The van der Waals surface area contributed by atoms with Crippen molar-refractivity contribution in [1.29, 1.82) is 0 Å². The van der Waals surface area contributed by atoms with Gasteiger partial charge in [-0.25, -0.2) is 4.39 Å². The fourth-order valence-electron chi connectivity index (χ4n) is 4.58. The van der Waals surface area contributed by atoms with Gasteiger partial charge in [0.05, 0.1) is 30.2 Å². The molecular weight excluding hydrogens is 411 g/mol. The second kappa shape index (κ2) is 8.48. The highest BCUT2D eigenvalue weighted by atomic mass is 19.1. The van der Waals surface area contributed by atoms with Gasteiger partial charge in [-0.05, 0) is 35.7 Å². The number of fused-ring (bicyclic) bond motifs is 2. The maximum atomic E-state index is 13.9. The third-order valence-corrected chi connectivity index (χ3v) is 6.39. The number of halogens is 1. The minimum atomic E-state index is -0.562. The van der Waals surface area contributed by atoms with Crippen LogP contribution < -0.4 is 5.43 Å². The van der Waals surface area contributed by atoms with E-state index in [2.05, 4.69) is 11.8 Å². The molecule has 1 saturated heterocycles. The third kappa shape index (κ3) is 3.61. The monoisotopic (exact) mass is 436 g/mol. The van der Waals surface area contributed by atoms with Gasteiger partial charge in [0.15, 0.2) is 5.43 Å². The molecule has 5 rings (SSSR count). The smallest absolute Gasteiger partial charge is 0.290 e. The molecule has 6 nitrogen and oxygen atoms in total. The van der Waals surface area contributed by atoms with Crippen molar-refractivity contribution in [3.63, 3.8) is 0 Å². The zero-order valence-electron chi connectivity index (χ0n) is 18.0. The van der Waals surface area contributed by atoms with Crippen LogP contribution in [0.1, 0.15) is 40.2 Å². The largest absolute Gasteiger partial charge is 0.450 e. The summed E-state index contributed by atoms with van der Waals surface area (Å²) < 4.78 is 25.2. The SMILES string of the molecule is CCc1ccc([C@@H]2c3c(oc4ccc(F)cc4c3=O)C(=O)N2CCN2CCOCC2)cc1. The number of carbonyl (C=O) groups is 1. The van der Waals surface area contributed by atoms with Crippen LogP contribution in [0, 0.1) is 5.82 Å². The van der Waals surface area contributed by atoms with Crippen LogP contribution in [0.2, 0.25) is 0 Å². The van der Waals surface area contributed by atoms with E-state index in [4.69, 9.17) is 9.15 Å². The van der Waals surface area contributed by atoms with Crippen LogP contribution in [-0.4, -0.2) is 55.1 Å². The Hall–Kier alpha value is -3.03. The standard InChI is InChI=1S/C25H25FN2O4/c1-2-16-3-5-17(6-4-16)22-21-23(29)19-15-18(26)7-8-20(19)32-24(21)25(30)28(22)10-9-27-11-13-31-14-12-27/h3-8,15,22H,2,9-14H2,1H3/t22-/m1/s1. The summed E-state index contributed by atoms with van der Waals surface area (Å²) in [7, 11) is 0. The lowest BCUT2D eigenvalue weighted by Crippen LogP contribution is -2.42. The Morgan fingerprint density at radius 2 is 1.78 bits per heavy atom. The topological polar surface area (TPSA) is 63.0 Å². The number of hydrogen-bond donors (Lipinski definition) is 0. The summed E-state index contributed by atoms with van der Waals surface area (Å²) in [6.07, 6.45) is 0.896. The molecule has 0 unspecified atom stereocenters. The van der Waals surface area contributed by atoms with Crippen LogP contribution in [0.25, 0.3) is 11.0 Å². The molecular formula is C25H25FN2O4. The van der Waals surface area contributed by atoms with Crippen LogP contribution in [0.3, 0.4) is 0 Å². The summed E-state index contributed by atoms with van der Waals surface area (Å²) in [4.78, 5) is 30.8. The van der Waals surface area contributed by atoms with Crippen LogP contribution >= 0.6 is 0 Å². The summed E-state index contributed by atoms with van der Waals surface area (Å²) in [6, 6.07) is 11.2. The number of aryl methyl sites for hydroxylation is 1. The second-order valence-electron chi connectivity index (χ2n) is 8.26. The highest BCUT2D eigenvalue weighted by molar-refractivity contribution is 5.99. The third-order valence-electron chi connectivity index (χ3n) is 6.39. The Balaban J connectivity index is 1.60. The molecule has 3 aromatic rings. The Labute approximate surface area is 185 Å². The number of amides is 1. The number of ether oxygens (including phenoxy) is 1. The van der Waals surface area contributed by atoms with E-state index in [1.165, 1.54) is 23.8 Å². The molecule has 1 amide bonds. The molecule has 1 fully saturated rings. The molecule has 0 aliphatic carbocycles. The van der Waals surface area contributed by atoms with Crippen molar-refractivity contribution in [2.45, 2.75) is 19.4 Å². The van der Waals surface area contributed by atoms with E-state index in [0.717, 1.165) is 25.1 Å². The van der Waals surface area contributed by atoms with Crippen LogP contribution in [0.5, 0.6) is 0 Å². The normalized spacial score (nSPS) is 19.0. The minimum absolute atomic E-state index is 0.0562. The number of rotatable bonds is 5. The van der Waals surface area contributed by atoms with Gasteiger partial charge in [0, 0.05) is 26.2 Å². The number of hydrogen-bond acceptors (Lipinski definition) is 5. The molecule has 1 atom stereocenters. The van der Waals surface area contributed by atoms with Gasteiger partial charge in [-0.15, -0.1) is 0 Å².